The van der Waals surface area contributed by atoms with Crippen molar-refractivity contribution in [1.82, 2.24) is 24.0 Å². The molecule has 0 amide bonds. The predicted octanol–water partition coefficient (Wildman–Crippen LogP) is 3.06. The van der Waals surface area contributed by atoms with E-state index in [0.717, 1.165) is 28.1 Å². The van der Waals surface area contributed by atoms with Gasteiger partial charge in [-0.2, -0.15) is 0 Å². The van der Waals surface area contributed by atoms with Gasteiger partial charge in [0.05, 0.1) is 12.7 Å². The first-order valence-corrected chi connectivity index (χ1v) is 9.41. The van der Waals surface area contributed by atoms with Crippen LogP contribution in [-0.2, 0) is 5.40 Å². The van der Waals surface area contributed by atoms with Crippen LogP contribution in [0.3, 0.4) is 0 Å². The topological polar surface area (TPSA) is 38.9 Å². The lowest BCUT2D eigenvalue weighted by molar-refractivity contribution is 0.304. The van der Waals surface area contributed by atoms with Gasteiger partial charge >= 0.3 is 0 Å². The number of nitrogens with zero attached hydrogens (tertiary/aromatic N) is 5. The predicted molar refractivity (Wildman–Crippen MR) is 93.7 cm³/mol. The molecule has 0 saturated carbocycles. The number of imidazole rings is 2. The molecule has 0 aliphatic heterocycles. The van der Waals surface area contributed by atoms with Crippen molar-refractivity contribution in [3.63, 3.8) is 0 Å². The highest BCUT2D eigenvalue weighted by molar-refractivity contribution is 7.39. The minimum Gasteiger partial charge on any atom is -0.310 e. The van der Waals surface area contributed by atoms with Crippen LogP contribution in [-0.4, -0.2) is 49.8 Å². The molecule has 2 heterocycles. The fraction of sp³-hybridized carbons (Fsp3) is 0.625. The van der Waals surface area contributed by atoms with E-state index in [4.69, 9.17) is 0 Å². The molecule has 2 aromatic heterocycles. The van der Waals surface area contributed by atoms with Gasteiger partial charge in [0.1, 0.15) is 5.40 Å². The average Bonchev–Trinajstić information content (AvgIpc) is 3.25. The van der Waals surface area contributed by atoms with Crippen LogP contribution in [0.25, 0.3) is 0 Å². The largest absolute Gasteiger partial charge is 0.310 e. The van der Waals surface area contributed by atoms with Gasteiger partial charge in [-0.05, 0) is 38.6 Å². The zero-order chi connectivity index (χ0) is 15.8. The Bertz CT molecular complexity index is 470. The van der Waals surface area contributed by atoms with Gasteiger partial charge in [0.25, 0.3) is 0 Å². The maximum absolute atomic E-state index is 4.25. The van der Waals surface area contributed by atoms with Gasteiger partial charge in [-0.3, -0.25) is 0 Å². The van der Waals surface area contributed by atoms with E-state index in [2.05, 4.69) is 57.2 Å². The Morgan fingerprint density at radius 1 is 1.00 bits per heavy atom. The summed E-state index contributed by atoms with van der Waals surface area (Å²) in [5, 5.41) is -0.0593. The third-order valence-electron chi connectivity index (χ3n) is 4.31. The molecule has 1 unspecified atom stereocenters. The lowest BCUT2D eigenvalue weighted by Crippen LogP contribution is -2.35. The molecule has 0 bridgehead atoms. The van der Waals surface area contributed by atoms with Crippen LogP contribution in [0.5, 0.6) is 0 Å². The molecule has 0 aliphatic rings. The van der Waals surface area contributed by atoms with Crippen molar-refractivity contribution in [1.29, 1.82) is 0 Å². The lowest BCUT2D eigenvalue weighted by atomic mass is 10.3. The quantitative estimate of drug-likeness (QED) is 0.499. The fourth-order valence-electron chi connectivity index (χ4n) is 2.89. The normalized spacial score (nSPS) is 12.7. The van der Waals surface area contributed by atoms with E-state index in [0.29, 0.717) is 0 Å². The Morgan fingerprint density at radius 3 is 2.00 bits per heavy atom. The fourth-order valence-corrected chi connectivity index (χ4v) is 4.51. The molecule has 0 spiro atoms. The molecule has 0 aromatic carbocycles. The van der Waals surface area contributed by atoms with Crippen molar-refractivity contribution >= 4 is 8.58 Å². The maximum Gasteiger partial charge on any atom is 0.138 e. The van der Waals surface area contributed by atoms with Crippen LogP contribution < -0.4 is 0 Å². The van der Waals surface area contributed by atoms with Crippen molar-refractivity contribution in [2.75, 3.05) is 25.8 Å². The highest BCUT2D eigenvalue weighted by Crippen LogP contribution is 2.41. The monoisotopic (exact) mass is 321 g/mol. The summed E-state index contributed by atoms with van der Waals surface area (Å²) >= 11 is 0. The molecule has 0 saturated heterocycles. The van der Waals surface area contributed by atoms with E-state index in [1.165, 1.54) is 19.1 Å². The molecule has 2 rings (SSSR count). The zero-order valence-electron chi connectivity index (χ0n) is 13.9. The molecule has 0 aliphatic carbocycles. The van der Waals surface area contributed by atoms with E-state index in [1.807, 2.05) is 25.0 Å². The minimum atomic E-state index is -0.0593. The lowest BCUT2D eigenvalue weighted by Gasteiger charge is -2.36. The van der Waals surface area contributed by atoms with Crippen molar-refractivity contribution in [2.24, 2.45) is 0 Å². The Balaban J connectivity index is 2.06. The first-order chi connectivity index (χ1) is 10.8. The summed E-state index contributed by atoms with van der Waals surface area (Å²) in [4.78, 5) is 11.0. The van der Waals surface area contributed by atoms with Gasteiger partial charge in [-0.15, -0.1) is 0 Å². The summed E-state index contributed by atoms with van der Waals surface area (Å²) in [5.74, 6) is 0. The van der Waals surface area contributed by atoms with Crippen molar-refractivity contribution in [3.8, 4) is 0 Å². The molecule has 22 heavy (non-hydrogen) atoms. The number of rotatable bonds is 10. The van der Waals surface area contributed by atoms with Crippen LogP contribution in [0.1, 0.15) is 33.6 Å². The van der Waals surface area contributed by atoms with Gasteiger partial charge in [0.15, 0.2) is 0 Å². The van der Waals surface area contributed by atoms with Crippen LogP contribution in [0.15, 0.2) is 37.4 Å². The molecule has 0 radical (unpaired) electrons. The second-order valence-corrected chi connectivity index (χ2v) is 7.07. The second-order valence-electron chi connectivity index (χ2n) is 5.42. The SMILES string of the molecule is CCN(CC)CCCPC(CC)(n1ccnc1)n1ccnc1. The van der Waals surface area contributed by atoms with Crippen molar-refractivity contribution in [3.05, 3.63) is 37.4 Å². The third kappa shape index (κ3) is 3.76. The van der Waals surface area contributed by atoms with Gasteiger partial charge in [-0.1, -0.05) is 29.4 Å². The number of hydrogen-bond acceptors (Lipinski definition) is 3. The van der Waals surface area contributed by atoms with E-state index in [9.17, 15) is 0 Å². The highest BCUT2D eigenvalue weighted by Gasteiger charge is 2.31. The van der Waals surface area contributed by atoms with Crippen molar-refractivity contribution < 1.29 is 0 Å². The van der Waals surface area contributed by atoms with Crippen LogP contribution >= 0.6 is 8.58 Å². The standard InChI is InChI=1S/C16H28N5P/c1-4-16(20-11-8-17-14-20,21-12-9-18-15-21)22-13-7-10-19(5-2)6-3/h8-9,11-12,14-15,22H,4-7,10,13H2,1-3H3. The first kappa shape index (κ1) is 17.2. The molecule has 1 atom stereocenters. The van der Waals surface area contributed by atoms with E-state index in [-0.39, 0.29) is 5.40 Å². The molecule has 5 nitrogen and oxygen atoms in total. The smallest absolute Gasteiger partial charge is 0.138 e. The van der Waals surface area contributed by atoms with Crippen LogP contribution in [0.2, 0.25) is 0 Å². The van der Waals surface area contributed by atoms with Crippen LogP contribution in [0.4, 0.5) is 0 Å². The molecule has 2 aromatic rings. The third-order valence-corrected chi connectivity index (χ3v) is 6.35. The Hall–Kier alpha value is -1.19. The molecule has 0 fully saturated rings. The molecule has 6 heteroatoms. The van der Waals surface area contributed by atoms with Crippen LogP contribution in [0, 0.1) is 0 Å². The molecule has 122 valence electrons. The van der Waals surface area contributed by atoms with E-state index >= 15 is 0 Å². The molecular weight excluding hydrogens is 293 g/mol. The Labute approximate surface area is 135 Å². The van der Waals surface area contributed by atoms with Gasteiger partial charge < -0.3 is 14.0 Å². The van der Waals surface area contributed by atoms with Crippen molar-refractivity contribution in [2.45, 2.75) is 39.0 Å². The summed E-state index contributed by atoms with van der Waals surface area (Å²) in [6.45, 7) is 10.2. The second kappa shape index (κ2) is 8.44. The average molecular weight is 321 g/mol. The van der Waals surface area contributed by atoms with E-state index in [1.54, 1.807) is 0 Å². The van der Waals surface area contributed by atoms with Gasteiger partial charge in [-0.25, -0.2) is 9.97 Å². The summed E-state index contributed by atoms with van der Waals surface area (Å²) in [5.41, 5.74) is 0. The number of aromatic nitrogens is 4. The highest BCUT2D eigenvalue weighted by atomic mass is 31.1. The summed E-state index contributed by atoms with van der Waals surface area (Å²) in [7, 11) is 0.804. The maximum atomic E-state index is 4.25. The van der Waals surface area contributed by atoms with Gasteiger partial charge in [0, 0.05) is 24.8 Å². The summed E-state index contributed by atoms with van der Waals surface area (Å²) in [6.07, 6.45) is 15.2. The Kier molecular flexibility index (Phi) is 6.59. The number of hydrogen-bond donors (Lipinski definition) is 0. The minimum absolute atomic E-state index is 0.0593. The Morgan fingerprint density at radius 2 is 1.59 bits per heavy atom. The molecule has 0 N–H and O–H groups in total. The summed E-state index contributed by atoms with van der Waals surface area (Å²) < 4.78 is 4.48. The summed E-state index contributed by atoms with van der Waals surface area (Å²) in [6, 6.07) is 0. The zero-order valence-corrected chi connectivity index (χ0v) is 14.9. The first-order valence-electron chi connectivity index (χ1n) is 8.21. The van der Waals surface area contributed by atoms with E-state index < -0.39 is 0 Å². The van der Waals surface area contributed by atoms with Gasteiger partial charge in [0.2, 0.25) is 0 Å². The molecular formula is C16H28N5P.